The lowest BCUT2D eigenvalue weighted by Gasteiger charge is -2.32. The third-order valence-corrected chi connectivity index (χ3v) is 14.3. The summed E-state index contributed by atoms with van der Waals surface area (Å²) in [5.41, 5.74) is 29.2. The smallest absolute Gasteiger partial charge is 0.326 e. The first-order valence-electron chi connectivity index (χ1n) is 25.5. The fourth-order valence-electron chi connectivity index (χ4n) is 9.44. The number of hydrogen-bond acceptors (Lipinski definition) is 15. The molecule has 27 nitrogen and oxygen atoms in total. The van der Waals surface area contributed by atoms with Gasteiger partial charge in [0.05, 0.1) is 25.3 Å². The van der Waals surface area contributed by atoms with Crippen LogP contribution in [-0.2, 0) is 56.0 Å². The van der Waals surface area contributed by atoms with Crippen LogP contribution in [0.1, 0.15) is 73.8 Å². The molecule has 3 aliphatic heterocycles. The number of likely N-dealkylation sites (tertiary alicyclic amines) is 3. The molecule has 9 atom stereocenters. The molecule has 2 aromatic rings. The Balaban J connectivity index is 1.21. The highest BCUT2D eigenvalue weighted by atomic mass is 32.1. The van der Waals surface area contributed by atoms with Gasteiger partial charge in [-0.05, 0) is 75.3 Å². The number of hydrogen-bond donors (Lipinski definition) is 13. The molecule has 0 spiro atoms. The first-order valence-corrected chi connectivity index (χ1v) is 26.4. The van der Waals surface area contributed by atoms with Gasteiger partial charge in [-0.3, -0.25) is 48.3 Å². The average Bonchev–Trinajstić information content (AvgIpc) is 4.25. The molecule has 1 aromatic carbocycles. The van der Waals surface area contributed by atoms with Crippen molar-refractivity contribution in [3.8, 4) is 0 Å². The van der Waals surface area contributed by atoms with Crippen LogP contribution in [0.2, 0.25) is 0 Å². The number of aliphatic imine (C=N–C) groups is 2. The van der Waals surface area contributed by atoms with E-state index >= 15 is 0 Å². The number of amides is 8. The molecule has 3 aliphatic rings. The molecule has 4 heterocycles. The first kappa shape index (κ1) is 60.4. The van der Waals surface area contributed by atoms with Crippen LogP contribution in [0.5, 0.6) is 0 Å². The van der Waals surface area contributed by atoms with Crippen LogP contribution in [-0.4, -0.2) is 195 Å². The highest BCUT2D eigenvalue weighted by Crippen LogP contribution is 2.27. The monoisotopic (exact) mass is 1100 g/mol. The third-order valence-electron chi connectivity index (χ3n) is 13.4. The highest BCUT2D eigenvalue weighted by molar-refractivity contribution is 7.09. The number of nitrogens with one attached hydrogen (secondary N) is 5. The van der Waals surface area contributed by atoms with Gasteiger partial charge in [-0.25, -0.2) is 4.79 Å². The Morgan fingerprint density at radius 1 is 0.714 bits per heavy atom. The summed E-state index contributed by atoms with van der Waals surface area (Å²) >= 11 is 1.28. The van der Waals surface area contributed by atoms with Crippen molar-refractivity contribution in [2.45, 2.75) is 132 Å². The van der Waals surface area contributed by atoms with Crippen LogP contribution in [0.3, 0.4) is 0 Å². The maximum Gasteiger partial charge on any atom is 0.326 e. The summed E-state index contributed by atoms with van der Waals surface area (Å²) in [6.45, 7) is 0.769. The van der Waals surface area contributed by atoms with Gasteiger partial charge in [0.1, 0.15) is 42.3 Å². The maximum absolute atomic E-state index is 14.1. The van der Waals surface area contributed by atoms with Gasteiger partial charge in [0.2, 0.25) is 47.3 Å². The summed E-state index contributed by atoms with van der Waals surface area (Å²) in [4.78, 5) is 135. The largest absolute Gasteiger partial charge is 0.480 e. The van der Waals surface area contributed by atoms with Crippen molar-refractivity contribution in [3.05, 3.63) is 57.8 Å². The Morgan fingerprint density at radius 2 is 1.31 bits per heavy atom. The Kier molecular flexibility index (Phi) is 22.9. The molecule has 422 valence electrons. The van der Waals surface area contributed by atoms with Crippen molar-refractivity contribution in [2.24, 2.45) is 38.7 Å². The van der Waals surface area contributed by atoms with Crippen LogP contribution >= 0.6 is 11.3 Å². The van der Waals surface area contributed by atoms with E-state index in [1.54, 1.807) is 29.6 Å². The third kappa shape index (κ3) is 17.8. The molecule has 77 heavy (non-hydrogen) atoms. The molecule has 5 rings (SSSR count). The summed E-state index contributed by atoms with van der Waals surface area (Å²) in [6, 6.07) is 0.743. The number of carboxylic acids is 1. The van der Waals surface area contributed by atoms with E-state index in [0.717, 1.165) is 5.56 Å². The van der Waals surface area contributed by atoms with E-state index in [9.17, 15) is 58.5 Å². The molecule has 3 saturated heterocycles. The fourth-order valence-corrected chi connectivity index (χ4v) is 10.2. The zero-order chi connectivity index (χ0) is 56.3. The lowest BCUT2D eigenvalue weighted by atomic mass is 10.0. The summed E-state index contributed by atoms with van der Waals surface area (Å²) < 4.78 is 0. The Bertz CT molecular complexity index is 2450. The molecular formula is C49H73N15O12S. The number of benzene rings is 1. The predicted molar refractivity (Wildman–Crippen MR) is 282 cm³/mol. The fraction of sp³-hybridized carbons (Fsp3) is 0.571. The molecule has 1 aromatic heterocycles. The van der Waals surface area contributed by atoms with E-state index < -0.39 is 121 Å². The number of carbonyl (C=O) groups excluding carboxylic acids is 8. The van der Waals surface area contributed by atoms with Crippen LogP contribution in [0, 0.1) is 6.92 Å². The van der Waals surface area contributed by atoms with E-state index in [4.69, 9.17) is 28.7 Å². The van der Waals surface area contributed by atoms with Crippen LogP contribution in [0.15, 0.2) is 51.8 Å². The van der Waals surface area contributed by atoms with Gasteiger partial charge in [-0.1, -0.05) is 35.9 Å². The van der Waals surface area contributed by atoms with Crippen molar-refractivity contribution in [2.75, 3.05) is 45.9 Å². The summed E-state index contributed by atoms with van der Waals surface area (Å²) in [7, 11) is 0. The van der Waals surface area contributed by atoms with Crippen molar-refractivity contribution in [3.63, 3.8) is 0 Å². The molecule has 8 amide bonds. The maximum atomic E-state index is 14.1. The zero-order valence-electron chi connectivity index (χ0n) is 43.0. The van der Waals surface area contributed by atoms with Gasteiger partial charge < -0.3 is 85.3 Å². The number of carbonyl (C=O) groups is 9. The first-order chi connectivity index (χ1) is 36.7. The second-order valence-electron chi connectivity index (χ2n) is 19.3. The topological polar surface area (TPSA) is 439 Å². The van der Waals surface area contributed by atoms with Gasteiger partial charge in [0.25, 0.3) is 0 Å². The number of aliphatic hydroxyl groups is 2. The van der Waals surface area contributed by atoms with E-state index in [-0.39, 0.29) is 89.6 Å². The van der Waals surface area contributed by atoms with Crippen molar-refractivity contribution in [1.82, 2.24) is 41.3 Å². The number of aryl methyl sites for hydroxylation is 1. The minimum absolute atomic E-state index is 0.0279. The molecule has 0 saturated carbocycles. The van der Waals surface area contributed by atoms with E-state index in [1.165, 1.54) is 26.0 Å². The number of rotatable bonds is 27. The molecule has 0 radical (unpaired) electrons. The van der Waals surface area contributed by atoms with Gasteiger partial charge in [-0.15, -0.1) is 11.3 Å². The van der Waals surface area contributed by atoms with Gasteiger partial charge >= 0.3 is 5.97 Å². The molecule has 0 bridgehead atoms. The van der Waals surface area contributed by atoms with E-state index in [2.05, 4.69) is 36.6 Å². The van der Waals surface area contributed by atoms with Gasteiger partial charge in [0.15, 0.2) is 11.9 Å². The standard InChI is InChI=1S/C49H73N15O12S/c1-27-12-14-28(15-13-27)21-33(40(68)59-32(47(75)76)9-3-17-56-49(53)54)60-43(71)36-10-4-18-62(36)45(73)35(26-65)61-41(69)34(23-30-7-6-20-77-30)58-39(67)24-57-42(70)38-22-29(66)25-64(38)46(74)37-11-5-19-63(37)44(72)31(50)8-2-16-55-48(51)52/h6-7,12-15,20,29,31-38,65-66H,2-5,8-11,16-19,21-26,50H2,1H3,(H,57,70)(H,58,67)(H,59,68)(H,60,71)(H,61,69)(H,75,76)(H4,51,52,55)(H4,53,54,56)/t29-,31+,32+,33+,34+,35+,36+,37+,38+/m1/s1. The molecule has 0 unspecified atom stereocenters. The minimum Gasteiger partial charge on any atom is -0.480 e. The van der Waals surface area contributed by atoms with Crippen LogP contribution < -0.4 is 55.3 Å². The van der Waals surface area contributed by atoms with E-state index in [0.29, 0.717) is 36.1 Å². The molecule has 3 fully saturated rings. The second-order valence-corrected chi connectivity index (χ2v) is 20.3. The zero-order valence-corrected chi connectivity index (χ0v) is 43.8. The Morgan fingerprint density at radius 3 is 1.91 bits per heavy atom. The predicted octanol–water partition coefficient (Wildman–Crippen LogP) is -4.65. The summed E-state index contributed by atoms with van der Waals surface area (Å²) in [5, 5.41) is 45.5. The summed E-state index contributed by atoms with van der Waals surface area (Å²) in [6.07, 6.45) is 0.827. The average molecular weight is 1100 g/mol. The molecule has 18 N–H and O–H groups in total. The minimum atomic E-state index is -1.60. The lowest BCUT2D eigenvalue weighted by molar-refractivity contribution is -0.147. The lowest BCUT2D eigenvalue weighted by Crippen LogP contribution is -2.60. The molecule has 0 aliphatic carbocycles. The molecular weight excluding hydrogens is 1020 g/mol. The number of aliphatic hydroxyl groups excluding tert-OH is 2. The van der Waals surface area contributed by atoms with Crippen LogP contribution in [0.25, 0.3) is 0 Å². The Hall–Kier alpha value is -7.43. The second kappa shape index (κ2) is 29.2. The number of nitrogens with two attached hydrogens (primary N) is 5. The molecule has 28 heteroatoms. The van der Waals surface area contributed by atoms with Crippen molar-refractivity contribution in [1.29, 1.82) is 0 Å². The number of carboxylic acid groups (broad SMARTS) is 1. The van der Waals surface area contributed by atoms with Crippen molar-refractivity contribution >= 4 is 76.5 Å². The highest BCUT2D eigenvalue weighted by Gasteiger charge is 2.46. The summed E-state index contributed by atoms with van der Waals surface area (Å²) in [5.74, 6) is -7.45. The quantitative estimate of drug-likeness (QED) is 0.0227. The van der Waals surface area contributed by atoms with E-state index in [1.807, 2.05) is 19.1 Å². The number of guanidine groups is 2. The number of thiophene rings is 1. The van der Waals surface area contributed by atoms with Crippen LogP contribution in [0.4, 0.5) is 0 Å². The number of aliphatic carboxylic acids is 1. The SMILES string of the molecule is Cc1ccc(C[C@H](NC(=O)[C@@H]2CCCN2C(=O)[C@H](CO)NC(=O)[C@H](Cc2cccs2)NC(=O)CNC(=O)[C@@H]2C[C@@H](O)CN2C(=O)[C@@H]2CCCN2C(=O)[C@@H](N)CCCN=C(N)N)C(=O)N[C@@H](CCCN=C(N)N)C(=O)O)cc1. The number of β-amino-alcohol motifs (C(OH)–C–C–N with tert-alkyl or cyclic N) is 1. The van der Waals surface area contributed by atoms with Crippen molar-refractivity contribution < 1.29 is 58.5 Å². The van der Waals surface area contributed by atoms with Gasteiger partial charge in [0, 0.05) is 56.9 Å². The van der Waals surface area contributed by atoms with Gasteiger partial charge in [-0.2, -0.15) is 0 Å². The number of nitrogens with zero attached hydrogens (tertiary/aromatic N) is 5. The normalized spacial score (nSPS) is 19.9. The Labute approximate surface area is 449 Å².